The van der Waals surface area contributed by atoms with Crippen LogP contribution in [0.25, 0.3) is 11.0 Å². The summed E-state index contributed by atoms with van der Waals surface area (Å²) in [5, 5.41) is 9.84. The molecule has 168 valence electrons. The minimum atomic E-state index is -0.416. The fraction of sp³-hybridized carbons (Fsp3) is 0.292. The van der Waals surface area contributed by atoms with Gasteiger partial charge in [-0.15, -0.1) is 6.42 Å². The highest BCUT2D eigenvalue weighted by Crippen LogP contribution is 2.30. The van der Waals surface area contributed by atoms with E-state index in [0.29, 0.717) is 59.8 Å². The molecular weight excluding hydrogens is 489 g/mol. The lowest BCUT2D eigenvalue weighted by atomic mass is 10.1. The SMILES string of the molecule is C#CCn1c(=O)c(C#N)c(N2CCN(Cc3ccc(F)cc3OC)CC2)c2nc(Br)ccc21. The molecule has 0 N–H and O–H groups in total. The van der Waals surface area contributed by atoms with Crippen LogP contribution in [0, 0.1) is 29.5 Å². The second-order valence-electron chi connectivity index (χ2n) is 7.65. The van der Waals surface area contributed by atoms with E-state index in [1.807, 2.05) is 4.90 Å². The second-order valence-corrected chi connectivity index (χ2v) is 8.46. The van der Waals surface area contributed by atoms with Gasteiger partial charge in [0.05, 0.1) is 24.9 Å². The van der Waals surface area contributed by atoms with E-state index in [1.54, 1.807) is 18.2 Å². The largest absolute Gasteiger partial charge is 0.496 e. The second kappa shape index (κ2) is 9.62. The Bertz CT molecular complexity index is 1350. The number of piperazine rings is 1. The number of terminal acetylenes is 1. The summed E-state index contributed by atoms with van der Waals surface area (Å²) in [6.07, 6.45) is 5.46. The average molecular weight is 510 g/mol. The van der Waals surface area contributed by atoms with Crippen LogP contribution in [0.5, 0.6) is 5.75 Å². The zero-order valence-corrected chi connectivity index (χ0v) is 19.6. The van der Waals surface area contributed by atoms with Gasteiger partial charge in [0.25, 0.3) is 5.56 Å². The van der Waals surface area contributed by atoms with Crippen LogP contribution < -0.4 is 15.2 Å². The number of fused-ring (bicyclic) bond motifs is 1. The number of pyridine rings is 2. The number of benzene rings is 1. The van der Waals surface area contributed by atoms with Crippen LogP contribution in [0.4, 0.5) is 10.1 Å². The number of hydrogen-bond acceptors (Lipinski definition) is 6. The maximum atomic E-state index is 13.5. The molecule has 3 aromatic rings. The molecule has 0 saturated carbocycles. The van der Waals surface area contributed by atoms with Gasteiger partial charge in [0.15, 0.2) is 0 Å². The molecule has 0 spiro atoms. The monoisotopic (exact) mass is 509 g/mol. The fourth-order valence-corrected chi connectivity index (χ4v) is 4.47. The standard InChI is InChI=1S/C24H21BrFN5O2/c1-3-8-31-19-6-7-21(25)28-22(19)23(18(14-27)24(31)32)30-11-9-29(10-12-30)15-16-4-5-17(26)13-20(16)33-2/h1,4-7,13H,8-12,15H2,2H3. The highest BCUT2D eigenvalue weighted by Gasteiger charge is 2.26. The van der Waals surface area contributed by atoms with Crippen molar-refractivity contribution >= 4 is 32.7 Å². The van der Waals surface area contributed by atoms with Crippen molar-refractivity contribution < 1.29 is 9.13 Å². The summed E-state index contributed by atoms with van der Waals surface area (Å²) in [5.74, 6) is 2.66. The molecule has 1 fully saturated rings. The van der Waals surface area contributed by atoms with Crippen molar-refractivity contribution in [1.82, 2.24) is 14.5 Å². The maximum absolute atomic E-state index is 13.5. The van der Waals surface area contributed by atoms with Crippen LogP contribution in [0.15, 0.2) is 39.7 Å². The molecule has 9 heteroatoms. The fourth-order valence-electron chi connectivity index (χ4n) is 4.16. The van der Waals surface area contributed by atoms with Crippen molar-refractivity contribution in [3.63, 3.8) is 0 Å². The first-order chi connectivity index (χ1) is 16.0. The summed E-state index contributed by atoms with van der Waals surface area (Å²) < 4.78 is 20.8. The molecule has 1 saturated heterocycles. The molecule has 1 aliphatic rings. The Labute approximate surface area is 199 Å². The van der Waals surface area contributed by atoms with E-state index in [9.17, 15) is 14.4 Å². The van der Waals surface area contributed by atoms with Crippen LogP contribution in [0.1, 0.15) is 11.1 Å². The number of hydrogen-bond donors (Lipinski definition) is 0. The first-order valence-electron chi connectivity index (χ1n) is 10.3. The molecule has 33 heavy (non-hydrogen) atoms. The lowest BCUT2D eigenvalue weighted by molar-refractivity contribution is 0.246. The summed E-state index contributed by atoms with van der Waals surface area (Å²) in [7, 11) is 1.53. The predicted molar refractivity (Wildman–Crippen MR) is 128 cm³/mol. The first kappa shape index (κ1) is 22.8. The molecule has 1 aromatic carbocycles. The molecule has 2 aromatic heterocycles. The third kappa shape index (κ3) is 4.43. The molecule has 0 atom stereocenters. The molecule has 0 radical (unpaired) electrons. The molecular formula is C24H21BrFN5O2. The number of nitriles is 1. The number of anilines is 1. The number of methoxy groups -OCH3 is 1. The Balaban J connectivity index is 1.66. The van der Waals surface area contributed by atoms with Crippen molar-refractivity contribution in [3.8, 4) is 24.2 Å². The van der Waals surface area contributed by atoms with E-state index >= 15 is 0 Å². The Hall–Kier alpha value is -3.40. The summed E-state index contributed by atoms with van der Waals surface area (Å²) >= 11 is 3.40. The number of nitrogens with zero attached hydrogens (tertiary/aromatic N) is 5. The van der Waals surface area contributed by atoms with Crippen molar-refractivity contribution in [2.24, 2.45) is 0 Å². The van der Waals surface area contributed by atoms with Crippen LogP contribution in [0.2, 0.25) is 0 Å². The quantitative estimate of drug-likeness (QED) is 0.388. The van der Waals surface area contributed by atoms with E-state index in [2.05, 4.69) is 37.8 Å². The molecule has 0 aliphatic carbocycles. The zero-order chi connectivity index (χ0) is 23.5. The van der Waals surface area contributed by atoms with Crippen LogP contribution in [-0.4, -0.2) is 47.7 Å². The number of halogens is 2. The van der Waals surface area contributed by atoms with Gasteiger partial charge < -0.3 is 9.64 Å². The van der Waals surface area contributed by atoms with E-state index in [4.69, 9.17) is 11.2 Å². The van der Waals surface area contributed by atoms with Gasteiger partial charge in [-0.2, -0.15) is 5.26 Å². The summed E-state index contributed by atoms with van der Waals surface area (Å²) in [6, 6.07) is 10.1. The minimum Gasteiger partial charge on any atom is -0.496 e. The lowest BCUT2D eigenvalue weighted by Gasteiger charge is -2.37. The topological polar surface area (TPSA) is 74.4 Å². The van der Waals surface area contributed by atoms with Crippen molar-refractivity contribution in [3.05, 3.63) is 62.2 Å². The highest BCUT2D eigenvalue weighted by molar-refractivity contribution is 9.10. The number of aromatic nitrogens is 2. The van der Waals surface area contributed by atoms with Gasteiger partial charge in [-0.1, -0.05) is 12.0 Å². The Morgan fingerprint density at radius 3 is 2.67 bits per heavy atom. The smallest absolute Gasteiger partial charge is 0.272 e. The molecule has 3 heterocycles. The van der Waals surface area contributed by atoms with Crippen molar-refractivity contribution in [1.29, 1.82) is 5.26 Å². The first-order valence-corrected chi connectivity index (χ1v) is 11.1. The number of rotatable bonds is 5. The summed E-state index contributed by atoms with van der Waals surface area (Å²) in [5.41, 5.74) is 2.21. The van der Waals surface area contributed by atoms with Crippen LogP contribution in [0.3, 0.4) is 0 Å². The van der Waals surface area contributed by atoms with Gasteiger partial charge >= 0.3 is 0 Å². The highest BCUT2D eigenvalue weighted by atomic mass is 79.9. The molecule has 7 nitrogen and oxygen atoms in total. The Kier molecular flexibility index (Phi) is 6.64. The Morgan fingerprint density at radius 1 is 1.24 bits per heavy atom. The molecule has 0 amide bonds. The van der Waals surface area contributed by atoms with E-state index < -0.39 is 5.56 Å². The van der Waals surface area contributed by atoms with E-state index in [1.165, 1.54) is 23.8 Å². The average Bonchev–Trinajstić information content (AvgIpc) is 2.82. The van der Waals surface area contributed by atoms with Crippen LogP contribution >= 0.6 is 15.9 Å². The molecule has 4 rings (SSSR count). The summed E-state index contributed by atoms with van der Waals surface area (Å²) in [4.78, 5) is 21.9. The Morgan fingerprint density at radius 2 is 2.00 bits per heavy atom. The van der Waals surface area contributed by atoms with Gasteiger partial charge in [-0.3, -0.25) is 14.3 Å². The maximum Gasteiger partial charge on any atom is 0.272 e. The molecule has 1 aliphatic heterocycles. The predicted octanol–water partition coefficient (Wildman–Crippen LogP) is 3.13. The van der Waals surface area contributed by atoms with Crippen molar-refractivity contribution in [2.45, 2.75) is 13.1 Å². The van der Waals surface area contributed by atoms with Gasteiger partial charge in [-0.05, 0) is 34.1 Å². The van der Waals surface area contributed by atoms with E-state index in [0.717, 1.165) is 5.56 Å². The molecule has 0 unspecified atom stereocenters. The van der Waals surface area contributed by atoms with Gasteiger partial charge in [-0.25, -0.2) is 9.37 Å². The molecule has 0 bridgehead atoms. The summed E-state index contributed by atoms with van der Waals surface area (Å²) in [6.45, 7) is 3.24. The van der Waals surface area contributed by atoms with Crippen LogP contribution in [-0.2, 0) is 13.1 Å². The lowest BCUT2D eigenvalue weighted by Crippen LogP contribution is -2.47. The van der Waals surface area contributed by atoms with Gasteiger partial charge in [0.1, 0.15) is 33.3 Å². The third-order valence-electron chi connectivity index (χ3n) is 5.74. The zero-order valence-electron chi connectivity index (χ0n) is 18.0. The normalized spacial score (nSPS) is 14.2. The minimum absolute atomic E-state index is 0.0389. The van der Waals surface area contributed by atoms with Crippen molar-refractivity contribution in [2.75, 3.05) is 38.2 Å². The van der Waals surface area contributed by atoms with Gasteiger partial charge in [0.2, 0.25) is 0 Å². The van der Waals surface area contributed by atoms with Gasteiger partial charge in [0, 0.05) is 44.4 Å². The number of ether oxygens (including phenoxy) is 1. The van der Waals surface area contributed by atoms with E-state index in [-0.39, 0.29) is 17.9 Å². The third-order valence-corrected chi connectivity index (χ3v) is 6.19.